The second-order valence-electron chi connectivity index (χ2n) is 3.71. The van der Waals surface area contributed by atoms with Crippen LogP contribution in [0.3, 0.4) is 0 Å². The van der Waals surface area contributed by atoms with Gasteiger partial charge in [0.25, 0.3) is 0 Å². The molecule has 0 saturated heterocycles. The molecule has 0 radical (unpaired) electrons. The summed E-state index contributed by atoms with van der Waals surface area (Å²) in [5, 5.41) is 11.7. The summed E-state index contributed by atoms with van der Waals surface area (Å²) in [6.45, 7) is 7.42. The third-order valence-electron chi connectivity index (χ3n) is 1.84. The van der Waals surface area contributed by atoms with Crippen LogP contribution in [0.15, 0.2) is 0 Å². The van der Waals surface area contributed by atoms with E-state index in [1.54, 1.807) is 0 Å². The highest BCUT2D eigenvalue weighted by Gasteiger charge is 2.04. The highest BCUT2D eigenvalue weighted by molar-refractivity contribution is 5.66. The van der Waals surface area contributed by atoms with E-state index >= 15 is 0 Å². The quantitative estimate of drug-likeness (QED) is 0.583. The summed E-state index contributed by atoms with van der Waals surface area (Å²) in [7, 11) is 0. The largest absolute Gasteiger partial charge is 0.481 e. The molecule has 0 bridgehead atoms. The van der Waals surface area contributed by atoms with Crippen LogP contribution in [0.2, 0.25) is 0 Å². The maximum atomic E-state index is 10.3. The van der Waals surface area contributed by atoms with Gasteiger partial charge in [0.2, 0.25) is 0 Å². The smallest absolute Gasteiger partial charge is 0.303 e. The van der Waals surface area contributed by atoms with Gasteiger partial charge in [-0.2, -0.15) is 0 Å². The molecule has 0 rings (SSSR count). The first kappa shape index (κ1) is 13.4. The monoisotopic (exact) mass is 203 g/mol. The fourth-order valence-corrected chi connectivity index (χ4v) is 1.04. The van der Waals surface area contributed by atoms with Crippen LogP contribution in [0.1, 0.15) is 33.6 Å². The van der Waals surface area contributed by atoms with Crippen LogP contribution in [0.5, 0.6) is 0 Å². The molecule has 0 heterocycles. The Morgan fingerprint density at radius 3 is 2.57 bits per heavy atom. The molecule has 0 aromatic carbocycles. The number of carboxylic acids is 1. The van der Waals surface area contributed by atoms with Crippen LogP contribution in [0, 0.1) is 0 Å². The second-order valence-corrected chi connectivity index (χ2v) is 3.71. The number of hydrogen-bond acceptors (Lipinski definition) is 3. The van der Waals surface area contributed by atoms with Crippen molar-refractivity contribution >= 4 is 5.97 Å². The SMILES string of the molecule is CC(CCC(=O)O)NCCOC(C)C. The first-order chi connectivity index (χ1) is 6.52. The third kappa shape index (κ3) is 9.48. The van der Waals surface area contributed by atoms with Crippen LogP contribution < -0.4 is 5.32 Å². The van der Waals surface area contributed by atoms with Crippen molar-refractivity contribution in [1.82, 2.24) is 5.32 Å². The molecule has 0 aliphatic rings. The molecule has 84 valence electrons. The molecule has 1 unspecified atom stereocenters. The molecule has 4 nitrogen and oxygen atoms in total. The van der Waals surface area contributed by atoms with Crippen molar-refractivity contribution in [3.63, 3.8) is 0 Å². The molecular weight excluding hydrogens is 182 g/mol. The normalized spacial score (nSPS) is 13.1. The average molecular weight is 203 g/mol. The van der Waals surface area contributed by atoms with E-state index in [1.807, 2.05) is 20.8 Å². The number of carbonyl (C=O) groups is 1. The van der Waals surface area contributed by atoms with Gasteiger partial charge in [0.1, 0.15) is 0 Å². The number of hydrogen-bond donors (Lipinski definition) is 2. The van der Waals surface area contributed by atoms with Gasteiger partial charge in [0.15, 0.2) is 0 Å². The number of aliphatic carboxylic acids is 1. The van der Waals surface area contributed by atoms with E-state index in [0.717, 1.165) is 6.54 Å². The lowest BCUT2D eigenvalue weighted by Gasteiger charge is -2.13. The van der Waals surface area contributed by atoms with Gasteiger partial charge in [0.05, 0.1) is 12.7 Å². The predicted octanol–water partition coefficient (Wildman–Crippen LogP) is 1.25. The van der Waals surface area contributed by atoms with E-state index in [2.05, 4.69) is 5.32 Å². The van der Waals surface area contributed by atoms with Gasteiger partial charge in [-0.25, -0.2) is 0 Å². The molecule has 0 aromatic rings. The van der Waals surface area contributed by atoms with Gasteiger partial charge in [-0.3, -0.25) is 4.79 Å². The zero-order valence-electron chi connectivity index (χ0n) is 9.25. The number of nitrogens with one attached hydrogen (secondary N) is 1. The van der Waals surface area contributed by atoms with Gasteiger partial charge < -0.3 is 15.2 Å². The van der Waals surface area contributed by atoms with Crippen molar-refractivity contribution < 1.29 is 14.6 Å². The maximum Gasteiger partial charge on any atom is 0.303 e. The Kier molecular flexibility index (Phi) is 7.42. The van der Waals surface area contributed by atoms with Crippen molar-refractivity contribution in [2.45, 2.75) is 45.8 Å². The van der Waals surface area contributed by atoms with Crippen molar-refractivity contribution in [3.05, 3.63) is 0 Å². The van der Waals surface area contributed by atoms with Crippen molar-refractivity contribution in [3.8, 4) is 0 Å². The Bertz CT molecular complexity index is 159. The second kappa shape index (κ2) is 7.76. The van der Waals surface area contributed by atoms with Crippen LogP contribution in [-0.2, 0) is 9.53 Å². The zero-order chi connectivity index (χ0) is 11.0. The molecule has 4 heteroatoms. The molecule has 0 aliphatic carbocycles. The summed E-state index contributed by atoms with van der Waals surface area (Å²) >= 11 is 0. The van der Waals surface area contributed by atoms with Crippen LogP contribution in [0.4, 0.5) is 0 Å². The van der Waals surface area contributed by atoms with E-state index in [-0.39, 0.29) is 18.6 Å². The van der Waals surface area contributed by atoms with E-state index in [0.29, 0.717) is 13.0 Å². The van der Waals surface area contributed by atoms with Gasteiger partial charge in [-0.05, 0) is 27.2 Å². The summed E-state index contributed by atoms with van der Waals surface area (Å²) in [4.78, 5) is 10.3. The third-order valence-corrected chi connectivity index (χ3v) is 1.84. The van der Waals surface area contributed by atoms with Crippen LogP contribution >= 0.6 is 0 Å². The Balaban J connectivity index is 3.26. The minimum atomic E-state index is -0.739. The van der Waals surface area contributed by atoms with Crippen molar-refractivity contribution in [2.24, 2.45) is 0 Å². The molecule has 0 aromatic heterocycles. The zero-order valence-corrected chi connectivity index (χ0v) is 9.25. The molecule has 0 fully saturated rings. The number of rotatable bonds is 8. The van der Waals surface area contributed by atoms with Crippen molar-refractivity contribution in [1.29, 1.82) is 0 Å². The highest BCUT2D eigenvalue weighted by Crippen LogP contribution is 1.95. The lowest BCUT2D eigenvalue weighted by Crippen LogP contribution is -2.30. The summed E-state index contributed by atoms with van der Waals surface area (Å²) in [5.74, 6) is -0.739. The molecule has 0 saturated carbocycles. The highest BCUT2D eigenvalue weighted by atomic mass is 16.5. The Morgan fingerprint density at radius 1 is 1.43 bits per heavy atom. The number of carboxylic acid groups (broad SMARTS) is 1. The Labute approximate surface area is 85.6 Å². The minimum absolute atomic E-state index is 0.221. The lowest BCUT2D eigenvalue weighted by molar-refractivity contribution is -0.137. The Hall–Kier alpha value is -0.610. The molecule has 0 spiro atoms. The van der Waals surface area contributed by atoms with Gasteiger partial charge in [-0.15, -0.1) is 0 Å². The van der Waals surface area contributed by atoms with Gasteiger partial charge in [-0.1, -0.05) is 0 Å². The predicted molar refractivity (Wildman–Crippen MR) is 55.4 cm³/mol. The first-order valence-electron chi connectivity index (χ1n) is 5.09. The van der Waals surface area contributed by atoms with E-state index in [9.17, 15) is 4.79 Å². The maximum absolute atomic E-state index is 10.3. The van der Waals surface area contributed by atoms with E-state index < -0.39 is 5.97 Å². The molecule has 0 aliphatic heterocycles. The molecule has 2 N–H and O–H groups in total. The molecular formula is C10H21NO3. The summed E-state index contributed by atoms with van der Waals surface area (Å²) in [6, 6.07) is 0.238. The summed E-state index contributed by atoms with van der Waals surface area (Å²) < 4.78 is 5.34. The fourth-order valence-electron chi connectivity index (χ4n) is 1.04. The molecule has 0 amide bonds. The molecule has 14 heavy (non-hydrogen) atoms. The standard InChI is InChI=1S/C10H21NO3/c1-8(2)14-7-6-11-9(3)4-5-10(12)13/h8-9,11H,4-7H2,1-3H3,(H,12,13). The topological polar surface area (TPSA) is 58.6 Å². The van der Waals surface area contributed by atoms with E-state index in [1.165, 1.54) is 0 Å². The summed E-state index contributed by atoms with van der Waals surface area (Å²) in [6.07, 6.45) is 1.14. The minimum Gasteiger partial charge on any atom is -0.481 e. The van der Waals surface area contributed by atoms with Crippen LogP contribution in [-0.4, -0.2) is 36.4 Å². The molecule has 1 atom stereocenters. The van der Waals surface area contributed by atoms with Crippen molar-refractivity contribution in [2.75, 3.05) is 13.2 Å². The van der Waals surface area contributed by atoms with E-state index in [4.69, 9.17) is 9.84 Å². The van der Waals surface area contributed by atoms with Gasteiger partial charge >= 0.3 is 5.97 Å². The van der Waals surface area contributed by atoms with Crippen LogP contribution in [0.25, 0.3) is 0 Å². The summed E-state index contributed by atoms with van der Waals surface area (Å²) in [5.41, 5.74) is 0. The number of ether oxygens (including phenoxy) is 1. The fraction of sp³-hybridized carbons (Fsp3) is 0.900. The average Bonchev–Trinajstić information content (AvgIpc) is 2.08. The first-order valence-corrected chi connectivity index (χ1v) is 5.09. The Morgan fingerprint density at radius 2 is 2.07 bits per heavy atom. The van der Waals surface area contributed by atoms with Gasteiger partial charge in [0, 0.05) is 19.0 Å². The lowest BCUT2D eigenvalue weighted by atomic mass is 10.2.